The van der Waals surface area contributed by atoms with E-state index in [0.717, 1.165) is 27.3 Å². The third-order valence-electron chi connectivity index (χ3n) is 3.98. The highest BCUT2D eigenvalue weighted by Gasteiger charge is 2.18. The first-order valence-corrected chi connectivity index (χ1v) is 9.21. The normalized spacial score (nSPS) is 11.0. The zero-order valence-electron chi connectivity index (χ0n) is 14.2. The number of amides is 1. The highest BCUT2D eigenvalue weighted by Crippen LogP contribution is 2.32. The summed E-state index contributed by atoms with van der Waals surface area (Å²) >= 11 is 7.70. The zero-order chi connectivity index (χ0) is 18.3. The highest BCUT2D eigenvalue weighted by atomic mass is 35.5. The molecule has 4 aromatic rings. The molecule has 3 heterocycles. The average molecular weight is 383 g/mol. The number of carbonyl (C=O) groups is 1. The molecular weight excluding hydrogens is 368 g/mol. The van der Waals surface area contributed by atoms with Crippen LogP contribution in [0.5, 0.6) is 0 Å². The number of rotatable bonds is 3. The van der Waals surface area contributed by atoms with Crippen molar-refractivity contribution in [2.75, 3.05) is 5.32 Å². The number of fused-ring (bicyclic) bond motifs is 1. The predicted molar refractivity (Wildman–Crippen MR) is 106 cm³/mol. The van der Waals surface area contributed by atoms with Crippen molar-refractivity contribution in [1.82, 2.24) is 14.8 Å². The Bertz CT molecular complexity index is 1130. The van der Waals surface area contributed by atoms with Gasteiger partial charge in [-0.15, -0.1) is 11.3 Å². The van der Waals surface area contributed by atoms with Crippen molar-refractivity contribution in [2.24, 2.45) is 0 Å². The molecular formula is C19H15ClN4OS. The summed E-state index contributed by atoms with van der Waals surface area (Å²) in [5, 5.41) is 8.97. The van der Waals surface area contributed by atoms with Gasteiger partial charge in [0.25, 0.3) is 5.91 Å². The minimum absolute atomic E-state index is 0.186. The summed E-state index contributed by atoms with van der Waals surface area (Å²) in [4.78, 5) is 18.4. The van der Waals surface area contributed by atoms with E-state index in [2.05, 4.69) is 15.4 Å². The summed E-state index contributed by atoms with van der Waals surface area (Å²) in [5.41, 5.74) is 2.50. The van der Waals surface area contributed by atoms with Crippen LogP contribution in [0.15, 0.2) is 48.5 Å². The molecule has 3 aromatic heterocycles. The number of pyridine rings is 1. The van der Waals surface area contributed by atoms with Crippen LogP contribution in [0.4, 0.5) is 5.82 Å². The number of nitrogens with zero attached hydrogens (tertiary/aromatic N) is 3. The van der Waals surface area contributed by atoms with Crippen molar-refractivity contribution in [1.29, 1.82) is 0 Å². The minimum atomic E-state index is -0.186. The summed E-state index contributed by atoms with van der Waals surface area (Å²) in [6, 6.07) is 14.9. The quantitative estimate of drug-likeness (QED) is 0.542. The molecule has 0 aliphatic rings. The number of carbonyl (C=O) groups excluding carboxylic acids is 1. The van der Waals surface area contributed by atoms with Gasteiger partial charge in [0.2, 0.25) is 0 Å². The molecule has 0 saturated carbocycles. The topological polar surface area (TPSA) is 59.8 Å². The lowest BCUT2D eigenvalue weighted by atomic mass is 10.3. The maximum atomic E-state index is 12.6. The number of nitrogens with one attached hydrogen (secondary N) is 1. The van der Waals surface area contributed by atoms with E-state index in [1.165, 1.54) is 11.3 Å². The Balaban J connectivity index is 1.73. The Hall–Kier alpha value is -2.70. The minimum Gasteiger partial charge on any atom is -0.306 e. The molecule has 0 bridgehead atoms. The van der Waals surface area contributed by atoms with Gasteiger partial charge in [0.05, 0.1) is 21.3 Å². The predicted octanol–water partition coefficient (Wildman–Crippen LogP) is 5.00. The fourth-order valence-electron chi connectivity index (χ4n) is 2.74. The Morgan fingerprint density at radius 3 is 2.73 bits per heavy atom. The van der Waals surface area contributed by atoms with E-state index >= 15 is 0 Å². The summed E-state index contributed by atoms with van der Waals surface area (Å²) < 4.78 is 1.79. The first-order valence-electron chi connectivity index (χ1n) is 8.02. The van der Waals surface area contributed by atoms with Gasteiger partial charge in [0.1, 0.15) is 10.6 Å². The van der Waals surface area contributed by atoms with E-state index in [4.69, 9.17) is 11.6 Å². The molecule has 26 heavy (non-hydrogen) atoms. The first kappa shape index (κ1) is 16.8. The van der Waals surface area contributed by atoms with Gasteiger partial charge in [0.15, 0.2) is 0 Å². The van der Waals surface area contributed by atoms with Crippen LogP contribution < -0.4 is 5.32 Å². The second-order valence-electron chi connectivity index (χ2n) is 5.90. The summed E-state index contributed by atoms with van der Waals surface area (Å²) in [6.45, 7) is 3.81. The van der Waals surface area contributed by atoms with Crippen LogP contribution in [-0.4, -0.2) is 20.7 Å². The number of hydrogen-bond acceptors (Lipinski definition) is 4. The Labute approximate surface area is 159 Å². The molecule has 0 aliphatic carbocycles. The molecule has 1 N–H and O–H groups in total. The van der Waals surface area contributed by atoms with Crippen molar-refractivity contribution in [3.8, 4) is 5.69 Å². The van der Waals surface area contributed by atoms with E-state index in [-0.39, 0.29) is 5.91 Å². The Morgan fingerprint density at radius 1 is 1.15 bits per heavy atom. The van der Waals surface area contributed by atoms with Crippen LogP contribution in [0.1, 0.15) is 21.1 Å². The Kier molecular flexibility index (Phi) is 4.22. The maximum absolute atomic E-state index is 12.6. The molecule has 130 valence electrons. The van der Waals surface area contributed by atoms with Crippen LogP contribution >= 0.6 is 22.9 Å². The molecule has 0 fully saturated rings. The SMILES string of the molecule is Cc1cccc(NC(=O)c2cc3c(C)nn(-c4ccccc4Cl)c3s2)n1. The first-order chi connectivity index (χ1) is 12.5. The van der Waals surface area contributed by atoms with Crippen molar-refractivity contribution in [2.45, 2.75) is 13.8 Å². The fraction of sp³-hybridized carbons (Fsp3) is 0.105. The molecule has 0 saturated heterocycles. The van der Waals surface area contributed by atoms with Gasteiger partial charge in [-0.2, -0.15) is 5.10 Å². The van der Waals surface area contributed by atoms with Crippen molar-refractivity contribution in [3.63, 3.8) is 0 Å². The maximum Gasteiger partial charge on any atom is 0.266 e. The lowest BCUT2D eigenvalue weighted by Crippen LogP contribution is -2.11. The van der Waals surface area contributed by atoms with Crippen LogP contribution in [0.3, 0.4) is 0 Å². The second-order valence-corrected chi connectivity index (χ2v) is 7.33. The van der Waals surface area contributed by atoms with Gasteiger partial charge in [-0.1, -0.05) is 29.8 Å². The van der Waals surface area contributed by atoms with Gasteiger partial charge >= 0.3 is 0 Å². The second kappa shape index (κ2) is 6.55. The molecule has 0 atom stereocenters. The largest absolute Gasteiger partial charge is 0.306 e. The van der Waals surface area contributed by atoms with Gasteiger partial charge < -0.3 is 5.32 Å². The molecule has 1 aromatic carbocycles. The third-order valence-corrected chi connectivity index (χ3v) is 5.41. The molecule has 0 aliphatic heterocycles. The van der Waals surface area contributed by atoms with Crippen LogP contribution in [-0.2, 0) is 0 Å². The number of halogens is 1. The fourth-order valence-corrected chi connectivity index (χ4v) is 4.02. The van der Waals surface area contributed by atoms with Gasteiger partial charge in [0, 0.05) is 11.1 Å². The van der Waals surface area contributed by atoms with E-state index in [0.29, 0.717) is 15.7 Å². The van der Waals surface area contributed by atoms with Crippen LogP contribution in [0.25, 0.3) is 15.9 Å². The van der Waals surface area contributed by atoms with Gasteiger partial charge in [-0.3, -0.25) is 4.79 Å². The molecule has 4 rings (SSSR count). The van der Waals surface area contributed by atoms with Crippen molar-refractivity contribution in [3.05, 3.63) is 69.8 Å². The monoisotopic (exact) mass is 382 g/mol. The number of aryl methyl sites for hydroxylation is 2. The van der Waals surface area contributed by atoms with Crippen LogP contribution in [0.2, 0.25) is 5.02 Å². The van der Waals surface area contributed by atoms with Gasteiger partial charge in [-0.05, 0) is 44.2 Å². The van der Waals surface area contributed by atoms with E-state index < -0.39 is 0 Å². The zero-order valence-corrected chi connectivity index (χ0v) is 15.7. The highest BCUT2D eigenvalue weighted by molar-refractivity contribution is 7.20. The Morgan fingerprint density at radius 2 is 1.96 bits per heavy atom. The molecule has 7 heteroatoms. The number of aromatic nitrogens is 3. The number of anilines is 1. The number of hydrogen-bond donors (Lipinski definition) is 1. The lowest BCUT2D eigenvalue weighted by Gasteiger charge is -2.05. The van der Waals surface area contributed by atoms with Crippen molar-refractivity contribution < 1.29 is 4.79 Å². The standard InChI is InChI=1S/C19H15ClN4OS/c1-11-6-5-9-17(21-11)22-18(25)16-10-13-12(2)23-24(19(13)26-16)15-8-4-3-7-14(15)20/h3-10H,1-2H3,(H,21,22,25). The van der Waals surface area contributed by atoms with E-state index in [1.54, 1.807) is 10.7 Å². The molecule has 0 spiro atoms. The summed E-state index contributed by atoms with van der Waals surface area (Å²) in [7, 11) is 0. The van der Waals surface area contributed by atoms with E-state index in [9.17, 15) is 4.79 Å². The molecule has 0 unspecified atom stereocenters. The molecule has 0 radical (unpaired) electrons. The lowest BCUT2D eigenvalue weighted by molar-refractivity contribution is 0.103. The van der Waals surface area contributed by atoms with Crippen LogP contribution in [0, 0.1) is 13.8 Å². The number of para-hydroxylation sites is 1. The smallest absolute Gasteiger partial charge is 0.266 e. The molecule has 1 amide bonds. The number of benzene rings is 1. The number of thiophene rings is 1. The molecule has 5 nitrogen and oxygen atoms in total. The average Bonchev–Trinajstić information content (AvgIpc) is 3.17. The third kappa shape index (κ3) is 2.98. The van der Waals surface area contributed by atoms with E-state index in [1.807, 2.05) is 56.3 Å². The summed E-state index contributed by atoms with van der Waals surface area (Å²) in [5.74, 6) is 0.353. The van der Waals surface area contributed by atoms with Gasteiger partial charge in [-0.25, -0.2) is 9.67 Å². The summed E-state index contributed by atoms with van der Waals surface area (Å²) in [6.07, 6.45) is 0. The van der Waals surface area contributed by atoms with Crippen molar-refractivity contribution >= 4 is 44.9 Å².